The molecule has 0 saturated carbocycles. The van der Waals surface area contributed by atoms with Crippen molar-refractivity contribution >= 4 is 27.6 Å². The highest BCUT2D eigenvalue weighted by atomic mass is 19.1. The number of hydrogen-bond donors (Lipinski definition) is 2. The standard InChI is InChI=1S/C12H10FN3/c1-6-12-9(5-11(14)15-6)8-3-2-7(13)4-10(8)16-12/h2-5,16H,1H3,(H2,14,15). The van der Waals surface area contributed by atoms with Crippen LogP contribution in [0.15, 0.2) is 24.3 Å². The van der Waals surface area contributed by atoms with Gasteiger partial charge in [-0.2, -0.15) is 0 Å². The third-order valence-electron chi connectivity index (χ3n) is 2.75. The predicted molar refractivity (Wildman–Crippen MR) is 62.7 cm³/mol. The van der Waals surface area contributed by atoms with E-state index in [-0.39, 0.29) is 5.82 Å². The summed E-state index contributed by atoms with van der Waals surface area (Å²) in [6, 6.07) is 6.48. The summed E-state index contributed by atoms with van der Waals surface area (Å²) in [5.41, 5.74) is 8.21. The molecule has 2 heterocycles. The number of benzene rings is 1. The van der Waals surface area contributed by atoms with Crippen LogP contribution in [0.2, 0.25) is 0 Å². The Labute approximate surface area is 91.1 Å². The summed E-state index contributed by atoms with van der Waals surface area (Å²) in [5, 5.41) is 1.95. The molecule has 3 rings (SSSR count). The Kier molecular flexibility index (Phi) is 1.68. The summed E-state index contributed by atoms with van der Waals surface area (Å²) in [6.45, 7) is 1.88. The molecule has 0 aliphatic heterocycles. The molecule has 0 aliphatic carbocycles. The molecule has 80 valence electrons. The molecule has 0 bridgehead atoms. The van der Waals surface area contributed by atoms with Crippen LogP contribution in [-0.2, 0) is 0 Å². The van der Waals surface area contributed by atoms with Crippen molar-refractivity contribution in [2.24, 2.45) is 0 Å². The Morgan fingerprint density at radius 1 is 1.25 bits per heavy atom. The number of fused-ring (bicyclic) bond motifs is 3. The van der Waals surface area contributed by atoms with Gasteiger partial charge >= 0.3 is 0 Å². The number of rotatable bonds is 0. The fraction of sp³-hybridized carbons (Fsp3) is 0.0833. The van der Waals surface area contributed by atoms with Gasteiger partial charge in [0.1, 0.15) is 11.6 Å². The monoisotopic (exact) mass is 215 g/mol. The summed E-state index contributed by atoms with van der Waals surface area (Å²) in [4.78, 5) is 7.33. The van der Waals surface area contributed by atoms with Crippen molar-refractivity contribution in [3.05, 3.63) is 35.8 Å². The van der Waals surface area contributed by atoms with Crippen LogP contribution in [0.3, 0.4) is 0 Å². The van der Waals surface area contributed by atoms with Crippen molar-refractivity contribution in [2.45, 2.75) is 6.92 Å². The minimum atomic E-state index is -0.252. The minimum absolute atomic E-state index is 0.252. The molecule has 0 radical (unpaired) electrons. The lowest BCUT2D eigenvalue weighted by Gasteiger charge is -1.97. The Morgan fingerprint density at radius 3 is 2.88 bits per heavy atom. The van der Waals surface area contributed by atoms with Crippen LogP contribution in [0, 0.1) is 12.7 Å². The van der Waals surface area contributed by atoms with Crippen LogP contribution in [0.4, 0.5) is 10.2 Å². The number of aromatic amines is 1. The maximum atomic E-state index is 13.1. The van der Waals surface area contributed by atoms with Crippen LogP contribution < -0.4 is 5.73 Å². The highest BCUT2D eigenvalue weighted by Gasteiger charge is 2.08. The first-order valence-electron chi connectivity index (χ1n) is 4.99. The first-order valence-corrected chi connectivity index (χ1v) is 4.99. The number of nitrogens with zero attached hydrogens (tertiary/aromatic N) is 1. The summed E-state index contributed by atoms with van der Waals surface area (Å²) >= 11 is 0. The Hall–Kier alpha value is -2.10. The number of anilines is 1. The van der Waals surface area contributed by atoms with Crippen molar-refractivity contribution in [1.29, 1.82) is 0 Å². The van der Waals surface area contributed by atoms with E-state index in [1.54, 1.807) is 12.1 Å². The molecule has 1 aromatic carbocycles. The van der Waals surface area contributed by atoms with Crippen LogP contribution in [0.1, 0.15) is 5.69 Å². The maximum absolute atomic E-state index is 13.1. The zero-order valence-electron chi connectivity index (χ0n) is 8.71. The van der Waals surface area contributed by atoms with E-state index in [9.17, 15) is 4.39 Å². The van der Waals surface area contributed by atoms with Gasteiger partial charge in [-0.3, -0.25) is 0 Å². The van der Waals surface area contributed by atoms with Crippen molar-refractivity contribution in [2.75, 3.05) is 5.73 Å². The number of aromatic nitrogens is 2. The van der Waals surface area contributed by atoms with E-state index in [0.717, 1.165) is 27.5 Å². The van der Waals surface area contributed by atoms with Crippen molar-refractivity contribution in [1.82, 2.24) is 9.97 Å². The van der Waals surface area contributed by atoms with Gasteiger partial charge in [0.25, 0.3) is 0 Å². The van der Waals surface area contributed by atoms with Gasteiger partial charge in [-0.05, 0) is 31.2 Å². The van der Waals surface area contributed by atoms with Gasteiger partial charge in [-0.15, -0.1) is 0 Å². The molecular weight excluding hydrogens is 205 g/mol. The molecule has 0 fully saturated rings. The molecule has 16 heavy (non-hydrogen) atoms. The molecule has 0 saturated heterocycles. The number of aryl methyl sites for hydroxylation is 1. The zero-order chi connectivity index (χ0) is 11.3. The third kappa shape index (κ3) is 1.16. The number of nitrogen functional groups attached to an aromatic ring is 1. The predicted octanol–water partition coefficient (Wildman–Crippen LogP) is 2.75. The number of pyridine rings is 1. The molecule has 3 aromatic rings. The second kappa shape index (κ2) is 2.95. The van der Waals surface area contributed by atoms with Gasteiger partial charge in [0.2, 0.25) is 0 Å². The van der Waals surface area contributed by atoms with Gasteiger partial charge in [-0.25, -0.2) is 9.37 Å². The number of nitrogens with one attached hydrogen (secondary N) is 1. The number of H-pyrrole nitrogens is 1. The highest BCUT2D eigenvalue weighted by molar-refractivity contribution is 6.08. The molecule has 3 nitrogen and oxygen atoms in total. The fourth-order valence-electron chi connectivity index (χ4n) is 2.06. The van der Waals surface area contributed by atoms with E-state index >= 15 is 0 Å². The molecule has 4 heteroatoms. The number of halogens is 1. The highest BCUT2D eigenvalue weighted by Crippen LogP contribution is 2.28. The van der Waals surface area contributed by atoms with Gasteiger partial charge in [-0.1, -0.05) is 0 Å². The van der Waals surface area contributed by atoms with Gasteiger partial charge in [0.05, 0.1) is 11.2 Å². The fourth-order valence-corrected chi connectivity index (χ4v) is 2.06. The van der Waals surface area contributed by atoms with Crippen molar-refractivity contribution in [3.63, 3.8) is 0 Å². The average Bonchev–Trinajstić information content (AvgIpc) is 2.56. The zero-order valence-corrected chi connectivity index (χ0v) is 8.71. The molecule has 0 spiro atoms. The summed E-state index contributed by atoms with van der Waals surface area (Å²) in [6.07, 6.45) is 0. The molecular formula is C12H10FN3. The minimum Gasteiger partial charge on any atom is -0.384 e. The Bertz CT molecular complexity index is 700. The van der Waals surface area contributed by atoms with Crippen LogP contribution in [-0.4, -0.2) is 9.97 Å². The summed E-state index contributed by atoms with van der Waals surface area (Å²) in [7, 11) is 0. The number of hydrogen-bond acceptors (Lipinski definition) is 2. The first-order chi connectivity index (χ1) is 7.65. The normalized spacial score (nSPS) is 11.4. The quantitative estimate of drug-likeness (QED) is 0.605. The van der Waals surface area contributed by atoms with Gasteiger partial charge in [0.15, 0.2) is 0 Å². The lowest BCUT2D eigenvalue weighted by Crippen LogP contribution is -1.92. The van der Waals surface area contributed by atoms with Crippen molar-refractivity contribution in [3.8, 4) is 0 Å². The topological polar surface area (TPSA) is 54.7 Å². The molecule has 2 aromatic heterocycles. The van der Waals surface area contributed by atoms with Gasteiger partial charge < -0.3 is 10.7 Å². The van der Waals surface area contributed by atoms with Crippen molar-refractivity contribution < 1.29 is 4.39 Å². The van der Waals surface area contributed by atoms with E-state index in [4.69, 9.17) is 5.73 Å². The maximum Gasteiger partial charge on any atom is 0.125 e. The SMILES string of the molecule is Cc1nc(N)cc2c1[nH]c1cc(F)ccc12. The van der Waals surface area contributed by atoms with Crippen LogP contribution in [0.5, 0.6) is 0 Å². The lowest BCUT2D eigenvalue weighted by molar-refractivity contribution is 0.629. The average molecular weight is 215 g/mol. The van der Waals surface area contributed by atoms with E-state index in [0.29, 0.717) is 5.82 Å². The van der Waals surface area contributed by atoms with E-state index in [1.807, 2.05) is 6.92 Å². The summed E-state index contributed by atoms with van der Waals surface area (Å²) in [5.74, 6) is 0.230. The third-order valence-corrected chi connectivity index (χ3v) is 2.75. The van der Waals surface area contributed by atoms with E-state index in [1.165, 1.54) is 12.1 Å². The largest absolute Gasteiger partial charge is 0.384 e. The van der Waals surface area contributed by atoms with E-state index in [2.05, 4.69) is 9.97 Å². The summed E-state index contributed by atoms with van der Waals surface area (Å²) < 4.78 is 13.1. The molecule has 0 amide bonds. The molecule has 3 N–H and O–H groups in total. The second-order valence-electron chi connectivity index (χ2n) is 3.87. The second-order valence-corrected chi connectivity index (χ2v) is 3.87. The molecule has 0 aliphatic rings. The molecule has 0 atom stereocenters. The van der Waals surface area contributed by atoms with Crippen LogP contribution >= 0.6 is 0 Å². The smallest absolute Gasteiger partial charge is 0.125 e. The Morgan fingerprint density at radius 2 is 2.06 bits per heavy atom. The number of nitrogens with two attached hydrogens (primary N) is 1. The van der Waals surface area contributed by atoms with Gasteiger partial charge in [0, 0.05) is 16.3 Å². The lowest BCUT2D eigenvalue weighted by atomic mass is 10.1. The first kappa shape index (κ1) is 9.15. The molecule has 0 unspecified atom stereocenters. The van der Waals surface area contributed by atoms with Crippen LogP contribution in [0.25, 0.3) is 21.8 Å². The van der Waals surface area contributed by atoms with E-state index < -0.39 is 0 Å². The Balaban J connectivity index is 2.55.